The van der Waals surface area contributed by atoms with E-state index >= 15 is 0 Å². The lowest BCUT2D eigenvalue weighted by molar-refractivity contribution is 0.479. The molecule has 0 aliphatic carbocycles. The first-order chi connectivity index (χ1) is 8.25. The predicted octanol–water partition coefficient (Wildman–Crippen LogP) is 3.02. The Kier molecular flexibility index (Phi) is 2.11. The first-order valence-corrected chi connectivity index (χ1v) is 5.48. The molecule has 3 aromatic rings. The van der Waals surface area contributed by atoms with Crippen LogP contribution in [-0.2, 0) is 0 Å². The average Bonchev–Trinajstić information content (AvgIpc) is 2.75. The summed E-state index contributed by atoms with van der Waals surface area (Å²) in [7, 11) is 0. The Bertz CT molecular complexity index is 668. The molecule has 0 spiro atoms. The zero-order chi connectivity index (χ0) is 11.8. The van der Waals surface area contributed by atoms with Gasteiger partial charge in [0.05, 0.1) is 6.20 Å². The van der Waals surface area contributed by atoms with Gasteiger partial charge in [-0.05, 0) is 19.1 Å². The van der Waals surface area contributed by atoms with Gasteiger partial charge in [-0.1, -0.05) is 29.8 Å². The first kappa shape index (κ1) is 9.90. The highest BCUT2D eigenvalue weighted by Crippen LogP contribution is 2.24. The lowest BCUT2D eigenvalue weighted by Crippen LogP contribution is -1.88. The summed E-state index contributed by atoms with van der Waals surface area (Å²) in [5, 5.41) is 9.71. The van der Waals surface area contributed by atoms with Crippen LogP contribution in [0.25, 0.3) is 16.9 Å². The maximum Gasteiger partial charge on any atom is 0.144 e. The number of fused-ring (bicyclic) bond motifs is 1. The molecule has 0 saturated heterocycles. The monoisotopic (exact) mass is 224 g/mol. The number of aromatic nitrogens is 2. The molecule has 3 heteroatoms. The van der Waals surface area contributed by atoms with Crippen LogP contribution in [0.1, 0.15) is 5.56 Å². The highest BCUT2D eigenvalue weighted by atomic mass is 16.3. The van der Waals surface area contributed by atoms with Crippen LogP contribution in [0, 0.1) is 6.92 Å². The van der Waals surface area contributed by atoms with Crippen molar-refractivity contribution >= 4 is 5.52 Å². The van der Waals surface area contributed by atoms with E-state index < -0.39 is 0 Å². The summed E-state index contributed by atoms with van der Waals surface area (Å²) in [6.07, 6.45) is 3.59. The normalized spacial score (nSPS) is 10.9. The Morgan fingerprint density at radius 1 is 1.12 bits per heavy atom. The molecule has 0 aliphatic heterocycles. The van der Waals surface area contributed by atoms with Crippen molar-refractivity contribution in [3.63, 3.8) is 0 Å². The molecule has 0 radical (unpaired) electrons. The van der Waals surface area contributed by atoms with Crippen LogP contribution >= 0.6 is 0 Å². The average molecular weight is 224 g/mol. The number of imidazole rings is 1. The topological polar surface area (TPSA) is 37.5 Å². The molecule has 2 aromatic heterocycles. The highest BCUT2D eigenvalue weighted by molar-refractivity contribution is 5.67. The van der Waals surface area contributed by atoms with Crippen molar-refractivity contribution in [2.45, 2.75) is 6.92 Å². The van der Waals surface area contributed by atoms with Crippen molar-refractivity contribution in [1.82, 2.24) is 9.38 Å². The van der Waals surface area contributed by atoms with Gasteiger partial charge in [-0.15, -0.1) is 0 Å². The number of aryl methyl sites for hydroxylation is 1. The van der Waals surface area contributed by atoms with E-state index in [1.54, 1.807) is 12.3 Å². The molecule has 0 saturated carbocycles. The summed E-state index contributed by atoms with van der Waals surface area (Å²) in [4.78, 5) is 4.36. The highest BCUT2D eigenvalue weighted by Gasteiger charge is 2.07. The second-order valence-corrected chi connectivity index (χ2v) is 4.10. The molecule has 1 aromatic carbocycles. The van der Waals surface area contributed by atoms with E-state index in [1.807, 2.05) is 28.8 Å². The third kappa shape index (κ3) is 1.56. The maximum atomic E-state index is 9.71. The van der Waals surface area contributed by atoms with Gasteiger partial charge in [0.15, 0.2) is 0 Å². The van der Waals surface area contributed by atoms with E-state index in [0.29, 0.717) is 0 Å². The van der Waals surface area contributed by atoms with Crippen LogP contribution < -0.4 is 0 Å². The summed E-state index contributed by atoms with van der Waals surface area (Å²) in [6.45, 7) is 2.05. The molecule has 0 amide bonds. The SMILES string of the molecule is Cc1ccc(-c2ncc3c(O)cccn23)cc1. The number of nitrogens with zero attached hydrogens (tertiary/aromatic N) is 2. The van der Waals surface area contributed by atoms with E-state index in [9.17, 15) is 5.11 Å². The van der Waals surface area contributed by atoms with E-state index in [2.05, 4.69) is 24.0 Å². The lowest BCUT2D eigenvalue weighted by Gasteiger charge is -2.02. The zero-order valence-corrected chi connectivity index (χ0v) is 9.46. The van der Waals surface area contributed by atoms with E-state index in [-0.39, 0.29) is 5.75 Å². The molecular weight excluding hydrogens is 212 g/mol. The molecular formula is C14H12N2O. The van der Waals surface area contributed by atoms with Crippen molar-refractivity contribution in [2.75, 3.05) is 0 Å². The largest absolute Gasteiger partial charge is 0.506 e. The minimum Gasteiger partial charge on any atom is -0.506 e. The van der Waals surface area contributed by atoms with Crippen LogP contribution in [-0.4, -0.2) is 14.5 Å². The minimum atomic E-state index is 0.248. The third-order valence-corrected chi connectivity index (χ3v) is 2.86. The summed E-state index contributed by atoms with van der Waals surface area (Å²) in [5.74, 6) is 1.09. The summed E-state index contributed by atoms with van der Waals surface area (Å²) >= 11 is 0. The maximum absolute atomic E-state index is 9.71. The fraction of sp³-hybridized carbons (Fsp3) is 0.0714. The number of aromatic hydroxyl groups is 1. The Morgan fingerprint density at radius 3 is 2.65 bits per heavy atom. The molecule has 3 rings (SSSR count). The van der Waals surface area contributed by atoms with Gasteiger partial charge in [-0.2, -0.15) is 0 Å². The molecule has 17 heavy (non-hydrogen) atoms. The number of hydrogen-bond acceptors (Lipinski definition) is 2. The summed E-state index contributed by atoms with van der Waals surface area (Å²) in [5.41, 5.74) is 2.99. The zero-order valence-electron chi connectivity index (χ0n) is 9.46. The van der Waals surface area contributed by atoms with Crippen molar-refractivity contribution in [3.8, 4) is 17.1 Å². The smallest absolute Gasteiger partial charge is 0.144 e. The lowest BCUT2D eigenvalue weighted by atomic mass is 10.1. The Labute approximate surface area is 99.0 Å². The minimum absolute atomic E-state index is 0.248. The van der Waals surface area contributed by atoms with Crippen molar-refractivity contribution in [1.29, 1.82) is 0 Å². The van der Waals surface area contributed by atoms with Gasteiger partial charge < -0.3 is 5.11 Å². The van der Waals surface area contributed by atoms with Gasteiger partial charge >= 0.3 is 0 Å². The van der Waals surface area contributed by atoms with Crippen molar-refractivity contribution < 1.29 is 5.11 Å². The number of pyridine rings is 1. The van der Waals surface area contributed by atoms with E-state index in [4.69, 9.17) is 0 Å². The van der Waals surface area contributed by atoms with Gasteiger partial charge in [-0.3, -0.25) is 4.40 Å². The van der Waals surface area contributed by atoms with Gasteiger partial charge in [0.2, 0.25) is 0 Å². The Morgan fingerprint density at radius 2 is 1.88 bits per heavy atom. The fourth-order valence-electron chi connectivity index (χ4n) is 1.92. The molecule has 0 unspecified atom stereocenters. The number of hydrogen-bond donors (Lipinski definition) is 1. The van der Waals surface area contributed by atoms with E-state index in [1.165, 1.54) is 5.56 Å². The Balaban J connectivity index is 2.24. The first-order valence-electron chi connectivity index (χ1n) is 5.48. The van der Waals surface area contributed by atoms with Crippen LogP contribution in [0.5, 0.6) is 5.75 Å². The van der Waals surface area contributed by atoms with Crippen LogP contribution in [0.15, 0.2) is 48.8 Å². The molecule has 0 bridgehead atoms. The quantitative estimate of drug-likeness (QED) is 0.690. The van der Waals surface area contributed by atoms with Crippen LogP contribution in [0.2, 0.25) is 0 Å². The second-order valence-electron chi connectivity index (χ2n) is 4.10. The van der Waals surface area contributed by atoms with Crippen LogP contribution in [0.3, 0.4) is 0 Å². The van der Waals surface area contributed by atoms with Gasteiger partial charge in [0.1, 0.15) is 17.1 Å². The third-order valence-electron chi connectivity index (χ3n) is 2.86. The predicted molar refractivity (Wildman–Crippen MR) is 67.0 cm³/mol. The van der Waals surface area contributed by atoms with Crippen molar-refractivity contribution in [2.24, 2.45) is 0 Å². The van der Waals surface area contributed by atoms with Crippen LogP contribution in [0.4, 0.5) is 0 Å². The standard InChI is InChI=1S/C14H12N2O/c1-10-4-6-11(7-5-10)14-15-9-12-13(17)3-2-8-16(12)14/h2-9,17H,1H3. The van der Waals surface area contributed by atoms with Crippen molar-refractivity contribution in [3.05, 3.63) is 54.4 Å². The molecule has 1 N–H and O–H groups in total. The molecule has 0 fully saturated rings. The Hall–Kier alpha value is -2.29. The fourth-order valence-corrected chi connectivity index (χ4v) is 1.92. The van der Waals surface area contributed by atoms with E-state index in [0.717, 1.165) is 16.9 Å². The number of benzene rings is 1. The second kappa shape index (κ2) is 3.63. The van der Waals surface area contributed by atoms with Gasteiger partial charge in [0, 0.05) is 11.8 Å². The molecule has 0 aliphatic rings. The van der Waals surface area contributed by atoms with Gasteiger partial charge in [0.25, 0.3) is 0 Å². The molecule has 0 atom stereocenters. The molecule has 3 nitrogen and oxygen atoms in total. The summed E-state index contributed by atoms with van der Waals surface area (Å²) < 4.78 is 1.89. The summed E-state index contributed by atoms with van der Waals surface area (Å²) in [6, 6.07) is 11.7. The van der Waals surface area contributed by atoms with Gasteiger partial charge in [-0.25, -0.2) is 4.98 Å². The molecule has 84 valence electrons. The number of rotatable bonds is 1. The molecule has 2 heterocycles.